The minimum Gasteiger partial charge on any atom is -0.384 e. The van der Waals surface area contributed by atoms with Gasteiger partial charge in [0.05, 0.1) is 0 Å². The van der Waals surface area contributed by atoms with Gasteiger partial charge in [-0.2, -0.15) is 0 Å². The highest BCUT2D eigenvalue weighted by Crippen LogP contribution is 2.16. The Bertz CT molecular complexity index is 81.0. The standard InChI is InChI=1S/C6H11O2/c1-6(2,3)5(8)4-7/h5,8H,1-3H3. The van der Waals surface area contributed by atoms with Crippen LogP contribution in [0, 0.1) is 5.41 Å². The number of aliphatic hydroxyl groups is 1. The molecule has 2 heteroatoms. The summed E-state index contributed by atoms with van der Waals surface area (Å²) in [6.07, 6.45) is 0.554. The highest BCUT2D eigenvalue weighted by molar-refractivity contribution is 5.57. The highest BCUT2D eigenvalue weighted by Gasteiger charge is 2.21. The van der Waals surface area contributed by atoms with Crippen LogP contribution in [0.5, 0.6) is 0 Å². The van der Waals surface area contributed by atoms with Crippen molar-refractivity contribution in [3.63, 3.8) is 0 Å². The van der Waals surface area contributed by atoms with Crippen molar-refractivity contribution >= 4 is 6.29 Å². The molecule has 2 nitrogen and oxygen atoms in total. The number of hydrogen-bond acceptors (Lipinski definition) is 2. The lowest BCUT2D eigenvalue weighted by Crippen LogP contribution is -2.26. The molecule has 0 amide bonds. The SMILES string of the molecule is CC(C)(C)C(O)[C]=O. The van der Waals surface area contributed by atoms with Gasteiger partial charge >= 0.3 is 0 Å². The average Bonchev–Trinajstić information content (AvgIpc) is 1.62. The molecule has 0 saturated heterocycles. The zero-order valence-electron chi connectivity index (χ0n) is 5.43. The van der Waals surface area contributed by atoms with Crippen LogP contribution >= 0.6 is 0 Å². The molecule has 0 rings (SSSR count). The lowest BCUT2D eigenvalue weighted by Gasteiger charge is -2.19. The van der Waals surface area contributed by atoms with Crippen LogP contribution in [-0.4, -0.2) is 17.5 Å². The van der Waals surface area contributed by atoms with Gasteiger partial charge in [0, 0.05) is 0 Å². The van der Waals surface area contributed by atoms with E-state index in [0.29, 0.717) is 0 Å². The van der Waals surface area contributed by atoms with E-state index in [-0.39, 0.29) is 5.41 Å². The van der Waals surface area contributed by atoms with Crippen molar-refractivity contribution < 1.29 is 9.90 Å². The van der Waals surface area contributed by atoms with Gasteiger partial charge in [0.1, 0.15) is 6.10 Å². The Morgan fingerprint density at radius 3 is 1.88 bits per heavy atom. The van der Waals surface area contributed by atoms with Crippen molar-refractivity contribution in [2.45, 2.75) is 26.9 Å². The van der Waals surface area contributed by atoms with Gasteiger partial charge in [-0.25, -0.2) is 0 Å². The summed E-state index contributed by atoms with van der Waals surface area (Å²) in [5.74, 6) is 0. The van der Waals surface area contributed by atoms with Crippen LogP contribution in [0.4, 0.5) is 0 Å². The quantitative estimate of drug-likeness (QED) is 0.540. The van der Waals surface area contributed by atoms with Crippen LogP contribution in [0.3, 0.4) is 0 Å². The van der Waals surface area contributed by atoms with Crippen LogP contribution in [0.15, 0.2) is 0 Å². The molecule has 1 atom stereocenters. The lowest BCUT2D eigenvalue weighted by molar-refractivity contribution is 0.119. The van der Waals surface area contributed by atoms with Crippen molar-refractivity contribution in [1.82, 2.24) is 0 Å². The van der Waals surface area contributed by atoms with E-state index in [2.05, 4.69) is 0 Å². The van der Waals surface area contributed by atoms with E-state index < -0.39 is 6.10 Å². The first-order chi connectivity index (χ1) is 3.48. The Morgan fingerprint density at radius 2 is 1.88 bits per heavy atom. The summed E-state index contributed by atoms with van der Waals surface area (Å²) < 4.78 is 0. The van der Waals surface area contributed by atoms with Crippen molar-refractivity contribution in [2.75, 3.05) is 0 Å². The van der Waals surface area contributed by atoms with Crippen molar-refractivity contribution in [2.24, 2.45) is 5.41 Å². The fourth-order valence-corrected chi connectivity index (χ4v) is 0.177. The molecule has 0 fully saturated rings. The van der Waals surface area contributed by atoms with Gasteiger partial charge in [-0.3, -0.25) is 4.79 Å². The Kier molecular flexibility index (Phi) is 2.16. The Balaban J connectivity index is 3.80. The van der Waals surface area contributed by atoms with Crippen LogP contribution in [0.25, 0.3) is 0 Å². The molecule has 0 aromatic carbocycles. The number of aliphatic hydroxyl groups excluding tert-OH is 1. The third kappa shape index (κ3) is 2.07. The van der Waals surface area contributed by atoms with E-state index in [1.165, 1.54) is 6.29 Å². The van der Waals surface area contributed by atoms with E-state index in [1.807, 2.05) is 0 Å². The number of hydrogen-bond donors (Lipinski definition) is 1. The van der Waals surface area contributed by atoms with Gasteiger partial charge in [-0.1, -0.05) is 20.8 Å². The molecule has 0 heterocycles. The average molecular weight is 115 g/mol. The number of rotatable bonds is 1. The molecule has 0 aliphatic rings. The molecule has 0 aromatic rings. The first-order valence-corrected chi connectivity index (χ1v) is 2.54. The Morgan fingerprint density at radius 1 is 1.50 bits per heavy atom. The smallest absolute Gasteiger partial charge is 0.230 e. The molecule has 0 aromatic heterocycles. The molecule has 0 spiro atoms. The molecule has 8 heavy (non-hydrogen) atoms. The van der Waals surface area contributed by atoms with Crippen molar-refractivity contribution in [3.8, 4) is 0 Å². The van der Waals surface area contributed by atoms with Crippen LogP contribution in [-0.2, 0) is 4.79 Å². The molecule has 1 unspecified atom stereocenters. The molecular weight excluding hydrogens is 104 g/mol. The van der Waals surface area contributed by atoms with Gasteiger partial charge in [0.2, 0.25) is 6.29 Å². The summed E-state index contributed by atoms with van der Waals surface area (Å²) >= 11 is 0. The maximum atomic E-state index is 9.78. The van der Waals surface area contributed by atoms with Gasteiger partial charge in [0.25, 0.3) is 0 Å². The zero-order chi connectivity index (χ0) is 6.78. The van der Waals surface area contributed by atoms with Crippen LogP contribution in [0.1, 0.15) is 20.8 Å². The maximum absolute atomic E-state index is 9.78. The molecule has 1 radical (unpaired) electrons. The van der Waals surface area contributed by atoms with Crippen molar-refractivity contribution in [3.05, 3.63) is 0 Å². The summed E-state index contributed by atoms with van der Waals surface area (Å²) in [5.41, 5.74) is -0.359. The molecule has 0 aliphatic carbocycles. The number of carbonyl (C=O) groups excluding carboxylic acids is 1. The third-order valence-corrected chi connectivity index (χ3v) is 0.932. The summed E-state index contributed by atoms with van der Waals surface area (Å²) in [4.78, 5) is 9.78. The second-order valence-electron chi connectivity index (χ2n) is 2.89. The maximum Gasteiger partial charge on any atom is 0.230 e. The monoisotopic (exact) mass is 115 g/mol. The molecule has 0 bridgehead atoms. The van der Waals surface area contributed by atoms with Gasteiger partial charge in [-0.15, -0.1) is 0 Å². The minimum atomic E-state index is -0.956. The Hall–Kier alpha value is -0.370. The summed E-state index contributed by atoms with van der Waals surface area (Å²) in [5, 5.41) is 8.77. The second-order valence-corrected chi connectivity index (χ2v) is 2.89. The van der Waals surface area contributed by atoms with Gasteiger partial charge in [0.15, 0.2) is 0 Å². The molecule has 0 aliphatic heterocycles. The molecule has 0 saturated carbocycles. The first-order valence-electron chi connectivity index (χ1n) is 2.54. The summed E-state index contributed by atoms with van der Waals surface area (Å²) in [6.45, 7) is 5.34. The van der Waals surface area contributed by atoms with E-state index in [4.69, 9.17) is 5.11 Å². The normalized spacial score (nSPS) is 15.5. The highest BCUT2D eigenvalue weighted by atomic mass is 16.3. The molecule has 47 valence electrons. The minimum absolute atomic E-state index is 0.359. The molecular formula is C6H11O2. The largest absolute Gasteiger partial charge is 0.384 e. The van der Waals surface area contributed by atoms with Crippen molar-refractivity contribution in [1.29, 1.82) is 0 Å². The van der Waals surface area contributed by atoms with Gasteiger partial charge in [-0.05, 0) is 5.41 Å². The van der Waals surface area contributed by atoms with E-state index >= 15 is 0 Å². The fraction of sp³-hybridized carbons (Fsp3) is 0.833. The first kappa shape index (κ1) is 7.63. The molecule has 1 N–H and O–H groups in total. The predicted octanol–water partition coefficient (Wildman–Crippen LogP) is 0.503. The van der Waals surface area contributed by atoms with Crippen LogP contribution in [0.2, 0.25) is 0 Å². The van der Waals surface area contributed by atoms with Gasteiger partial charge < -0.3 is 5.11 Å². The predicted molar refractivity (Wildman–Crippen MR) is 31.2 cm³/mol. The van der Waals surface area contributed by atoms with E-state index in [1.54, 1.807) is 20.8 Å². The lowest BCUT2D eigenvalue weighted by atomic mass is 9.90. The fourth-order valence-electron chi connectivity index (χ4n) is 0.177. The third-order valence-electron chi connectivity index (χ3n) is 0.932. The topological polar surface area (TPSA) is 37.3 Å². The second kappa shape index (κ2) is 2.27. The summed E-state index contributed by atoms with van der Waals surface area (Å²) in [6, 6.07) is 0. The van der Waals surface area contributed by atoms with Crippen LogP contribution < -0.4 is 0 Å². The Labute approximate surface area is 49.5 Å². The van der Waals surface area contributed by atoms with E-state index in [0.717, 1.165) is 0 Å². The zero-order valence-corrected chi connectivity index (χ0v) is 5.43. The summed E-state index contributed by atoms with van der Waals surface area (Å²) in [7, 11) is 0. The van der Waals surface area contributed by atoms with E-state index in [9.17, 15) is 4.79 Å².